The smallest absolute Gasteiger partial charge is 0.255 e. The Morgan fingerprint density at radius 3 is 2.79 bits per heavy atom. The number of hydrogen-bond donors (Lipinski definition) is 1. The van der Waals surface area contributed by atoms with E-state index in [0.29, 0.717) is 6.54 Å². The molecule has 29 heavy (non-hydrogen) atoms. The summed E-state index contributed by atoms with van der Waals surface area (Å²) >= 11 is 7.63. The van der Waals surface area contributed by atoms with Gasteiger partial charge < -0.3 is 5.32 Å². The van der Waals surface area contributed by atoms with Gasteiger partial charge in [-0.05, 0) is 36.6 Å². The van der Waals surface area contributed by atoms with E-state index in [4.69, 9.17) is 11.6 Å². The molecule has 1 N–H and O–H groups in total. The lowest BCUT2D eigenvalue weighted by molar-refractivity contribution is 0.0924. The van der Waals surface area contributed by atoms with Gasteiger partial charge in [0.1, 0.15) is 5.82 Å². The summed E-state index contributed by atoms with van der Waals surface area (Å²) in [5.74, 6) is -1.12. The minimum Gasteiger partial charge on any atom is -0.350 e. The summed E-state index contributed by atoms with van der Waals surface area (Å²) in [7, 11) is 0. The maximum atomic E-state index is 14.1. The Morgan fingerprint density at radius 1 is 1.28 bits per heavy atom. The molecule has 0 saturated carbocycles. The van der Waals surface area contributed by atoms with Gasteiger partial charge in [-0.25, -0.2) is 9.37 Å². The number of nitrogens with zero attached hydrogens (tertiary/aromatic N) is 2. The fourth-order valence-electron chi connectivity index (χ4n) is 3.79. The molecule has 1 unspecified atom stereocenters. The van der Waals surface area contributed by atoms with Crippen molar-refractivity contribution in [2.24, 2.45) is 0 Å². The van der Waals surface area contributed by atoms with Crippen LogP contribution in [0.25, 0.3) is 0 Å². The highest BCUT2D eigenvalue weighted by Crippen LogP contribution is 2.31. The number of aromatic nitrogens is 1. The van der Waals surface area contributed by atoms with Crippen LogP contribution in [0.3, 0.4) is 0 Å². The van der Waals surface area contributed by atoms with E-state index >= 15 is 0 Å². The number of rotatable bonds is 5. The number of carbonyl (C=O) groups excluding carboxylic acids is 1. The lowest BCUT2D eigenvalue weighted by Gasteiger charge is -2.35. The second kappa shape index (κ2) is 8.61. The van der Waals surface area contributed by atoms with Crippen molar-refractivity contribution in [2.75, 3.05) is 13.1 Å². The molecule has 1 atom stereocenters. The van der Waals surface area contributed by atoms with Crippen LogP contribution < -0.4 is 5.32 Å². The van der Waals surface area contributed by atoms with Crippen molar-refractivity contribution < 1.29 is 9.18 Å². The Morgan fingerprint density at radius 2 is 2.07 bits per heavy atom. The monoisotopic (exact) mass is 429 g/mol. The molecule has 1 aromatic heterocycles. The number of thiazole rings is 1. The number of fused-ring (bicyclic) bond motifs is 1. The van der Waals surface area contributed by atoms with Crippen LogP contribution in [0.5, 0.6) is 0 Å². The van der Waals surface area contributed by atoms with Crippen molar-refractivity contribution in [2.45, 2.75) is 25.9 Å². The van der Waals surface area contributed by atoms with Crippen LogP contribution in [0.1, 0.15) is 38.1 Å². The second-order valence-corrected chi connectivity index (χ2v) is 8.41. The molecule has 0 radical (unpaired) electrons. The van der Waals surface area contributed by atoms with Gasteiger partial charge in [0.2, 0.25) is 0 Å². The predicted molar refractivity (Wildman–Crippen MR) is 114 cm³/mol. The quantitative estimate of drug-likeness (QED) is 0.635. The third-order valence-electron chi connectivity index (χ3n) is 5.33. The summed E-state index contributed by atoms with van der Waals surface area (Å²) in [6.45, 7) is 4.02. The molecule has 2 heterocycles. The van der Waals surface area contributed by atoms with Crippen LogP contribution in [-0.4, -0.2) is 28.9 Å². The molecular formula is C22H21ClFN3OS. The number of aryl methyl sites for hydroxylation is 1. The molecule has 150 valence electrons. The van der Waals surface area contributed by atoms with Gasteiger partial charge in [0.05, 0.1) is 27.8 Å². The first-order valence-electron chi connectivity index (χ1n) is 9.47. The molecule has 7 heteroatoms. The molecule has 4 rings (SSSR count). The van der Waals surface area contributed by atoms with Gasteiger partial charge in [0, 0.05) is 24.5 Å². The lowest BCUT2D eigenvalue weighted by atomic mass is 9.98. The number of halogens is 2. The summed E-state index contributed by atoms with van der Waals surface area (Å²) in [5.41, 5.74) is 5.33. The maximum absolute atomic E-state index is 14.1. The molecule has 0 saturated heterocycles. The van der Waals surface area contributed by atoms with Gasteiger partial charge in [0.15, 0.2) is 0 Å². The Hall–Kier alpha value is -2.28. The topological polar surface area (TPSA) is 45.2 Å². The third-order valence-corrected chi connectivity index (χ3v) is 6.68. The van der Waals surface area contributed by atoms with Gasteiger partial charge >= 0.3 is 0 Å². The number of carbonyl (C=O) groups is 1. The van der Waals surface area contributed by atoms with Crippen molar-refractivity contribution in [1.29, 1.82) is 0 Å². The van der Waals surface area contributed by atoms with E-state index in [2.05, 4.69) is 39.5 Å². The van der Waals surface area contributed by atoms with Gasteiger partial charge in [-0.15, -0.1) is 11.3 Å². The van der Waals surface area contributed by atoms with E-state index in [1.807, 2.05) is 12.4 Å². The Balaban J connectivity index is 1.56. The molecule has 0 fully saturated rings. The maximum Gasteiger partial charge on any atom is 0.255 e. The predicted octanol–water partition coefficient (Wildman–Crippen LogP) is 4.77. The average molecular weight is 430 g/mol. The van der Waals surface area contributed by atoms with Crippen LogP contribution in [0, 0.1) is 12.7 Å². The first-order valence-corrected chi connectivity index (χ1v) is 10.7. The van der Waals surface area contributed by atoms with Crippen molar-refractivity contribution in [3.63, 3.8) is 0 Å². The molecule has 1 aliphatic rings. The van der Waals surface area contributed by atoms with Gasteiger partial charge in [0.25, 0.3) is 5.91 Å². The molecule has 4 nitrogen and oxygen atoms in total. The van der Waals surface area contributed by atoms with Crippen molar-refractivity contribution in [1.82, 2.24) is 15.2 Å². The minimum absolute atomic E-state index is 0.0367. The molecule has 3 aromatic rings. The summed E-state index contributed by atoms with van der Waals surface area (Å²) in [6.07, 6.45) is 0.956. The van der Waals surface area contributed by atoms with E-state index in [1.165, 1.54) is 29.3 Å². The first-order chi connectivity index (χ1) is 14.0. The molecule has 1 amide bonds. The fourth-order valence-corrected chi connectivity index (χ4v) is 4.98. The zero-order valence-corrected chi connectivity index (χ0v) is 17.6. The Kier molecular flexibility index (Phi) is 5.94. The molecule has 0 spiro atoms. The number of amides is 1. The number of benzene rings is 2. The summed E-state index contributed by atoms with van der Waals surface area (Å²) in [5, 5.41) is 3.00. The standard InChI is InChI=1S/C22H21ClFN3OS/c1-14-21(29-13-26-14)19(27-10-9-15-5-2-3-6-16(15)12-27)11-25-22(28)20-17(23)7-4-8-18(20)24/h2-8,13,19H,9-12H2,1H3,(H,25,28). The number of nitrogens with one attached hydrogen (secondary N) is 1. The zero-order chi connectivity index (χ0) is 20.4. The van der Waals surface area contributed by atoms with E-state index in [9.17, 15) is 9.18 Å². The molecule has 0 bridgehead atoms. The summed E-state index contributed by atoms with van der Waals surface area (Å²) in [4.78, 5) is 20.5. The molecule has 2 aromatic carbocycles. The van der Waals surface area contributed by atoms with Crippen LogP contribution in [0.2, 0.25) is 5.02 Å². The van der Waals surface area contributed by atoms with Crippen molar-refractivity contribution in [3.8, 4) is 0 Å². The Labute approximate surface area is 178 Å². The third kappa shape index (κ3) is 4.20. The average Bonchev–Trinajstić information content (AvgIpc) is 3.13. The Bertz CT molecular complexity index is 1020. The largest absolute Gasteiger partial charge is 0.350 e. The highest BCUT2D eigenvalue weighted by molar-refractivity contribution is 7.09. The van der Waals surface area contributed by atoms with Gasteiger partial charge in [-0.3, -0.25) is 9.69 Å². The zero-order valence-electron chi connectivity index (χ0n) is 16.0. The number of hydrogen-bond acceptors (Lipinski definition) is 4. The first kappa shape index (κ1) is 20.0. The van der Waals surface area contributed by atoms with Crippen LogP contribution >= 0.6 is 22.9 Å². The van der Waals surface area contributed by atoms with Gasteiger partial charge in [-0.1, -0.05) is 41.9 Å². The second-order valence-electron chi connectivity index (χ2n) is 7.11. The van der Waals surface area contributed by atoms with Crippen LogP contribution in [-0.2, 0) is 13.0 Å². The highest BCUT2D eigenvalue weighted by atomic mass is 35.5. The van der Waals surface area contributed by atoms with Crippen molar-refractivity contribution in [3.05, 3.63) is 86.1 Å². The molecule has 1 aliphatic heterocycles. The highest BCUT2D eigenvalue weighted by Gasteiger charge is 2.28. The lowest BCUT2D eigenvalue weighted by Crippen LogP contribution is -2.40. The van der Waals surface area contributed by atoms with E-state index in [0.717, 1.165) is 30.1 Å². The van der Waals surface area contributed by atoms with Crippen LogP contribution in [0.4, 0.5) is 4.39 Å². The van der Waals surface area contributed by atoms with E-state index in [-0.39, 0.29) is 16.6 Å². The van der Waals surface area contributed by atoms with E-state index < -0.39 is 11.7 Å². The summed E-state index contributed by atoms with van der Waals surface area (Å²) < 4.78 is 14.1. The molecular weight excluding hydrogens is 409 g/mol. The van der Waals surface area contributed by atoms with Crippen molar-refractivity contribution >= 4 is 28.8 Å². The van der Waals surface area contributed by atoms with Gasteiger partial charge in [-0.2, -0.15) is 0 Å². The minimum atomic E-state index is -0.618. The van der Waals surface area contributed by atoms with E-state index in [1.54, 1.807) is 11.3 Å². The fraction of sp³-hybridized carbons (Fsp3) is 0.273. The summed E-state index contributed by atoms with van der Waals surface area (Å²) in [6, 6.07) is 12.7. The molecule has 0 aliphatic carbocycles. The SMILES string of the molecule is Cc1ncsc1C(CNC(=O)c1c(F)cccc1Cl)N1CCc2ccccc2C1. The van der Waals surface area contributed by atoms with Crippen LogP contribution in [0.15, 0.2) is 48.0 Å². The normalized spacial score (nSPS) is 15.0.